The van der Waals surface area contributed by atoms with Crippen LogP contribution in [-0.4, -0.2) is 43.5 Å². The predicted octanol–water partition coefficient (Wildman–Crippen LogP) is 2.61. The van der Waals surface area contributed by atoms with Crippen LogP contribution in [-0.2, 0) is 21.4 Å². The third kappa shape index (κ3) is 4.78. The summed E-state index contributed by atoms with van der Waals surface area (Å²) >= 11 is 0. The summed E-state index contributed by atoms with van der Waals surface area (Å²) in [5, 5.41) is 6.42. The van der Waals surface area contributed by atoms with Crippen molar-refractivity contribution in [2.45, 2.75) is 44.7 Å². The number of aryl methyl sites for hydroxylation is 2. The Bertz CT molecular complexity index is 982. The Hall–Kier alpha value is -2.53. The first-order chi connectivity index (χ1) is 14.2. The summed E-state index contributed by atoms with van der Waals surface area (Å²) in [4.78, 5) is 12.6. The van der Waals surface area contributed by atoms with Crippen LogP contribution in [0.3, 0.4) is 0 Å². The first kappa shape index (κ1) is 22.2. The van der Waals surface area contributed by atoms with Crippen molar-refractivity contribution < 1.29 is 31.3 Å². The molecule has 0 bridgehead atoms. The molecule has 0 unspecified atom stereocenters. The summed E-state index contributed by atoms with van der Waals surface area (Å²) < 4.78 is 61.5. The van der Waals surface area contributed by atoms with E-state index in [4.69, 9.17) is 4.52 Å². The number of para-hydroxylation sites is 1. The van der Waals surface area contributed by atoms with E-state index < -0.39 is 16.6 Å². The maximum Gasteiger partial charge on any atom is 0.387 e. The average molecular weight is 443 g/mol. The molecule has 164 valence electrons. The van der Waals surface area contributed by atoms with E-state index in [2.05, 4.69) is 15.2 Å². The molecule has 0 atom stereocenters. The van der Waals surface area contributed by atoms with Crippen molar-refractivity contribution in [2.24, 2.45) is 5.92 Å². The van der Waals surface area contributed by atoms with Gasteiger partial charge in [0.2, 0.25) is 15.9 Å². The minimum absolute atomic E-state index is 0.00757. The fourth-order valence-electron chi connectivity index (χ4n) is 3.52. The van der Waals surface area contributed by atoms with Gasteiger partial charge in [-0.1, -0.05) is 23.4 Å². The SMILES string of the molecule is Cc1noc(C)c1S(=O)(=O)N1CCC(C(=O)NCc2ccccc2OC(F)F)CC1. The van der Waals surface area contributed by atoms with Gasteiger partial charge in [-0.05, 0) is 32.8 Å². The fraction of sp³-hybridized carbons (Fsp3) is 0.474. The van der Waals surface area contributed by atoms with Crippen LogP contribution in [0.5, 0.6) is 5.75 Å². The molecular weight excluding hydrogens is 420 g/mol. The Balaban J connectivity index is 1.57. The van der Waals surface area contributed by atoms with Crippen molar-refractivity contribution in [1.29, 1.82) is 0 Å². The van der Waals surface area contributed by atoms with Crippen molar-refractivity contribution >= 4 is 15.9 Å². The number of hydrogen-bond donors (Lipinski definition) is 1. The first-order valence-electron chi connectivity index (χ1n) is 9.43. The van der Waals surface area contributed by atoms with E-state index in [1.165, 1.54) is 10.4 Å². The molecule has 2 heterocycles. The van der Waals surface area contributed by atoms with E-state index in [9.17, 15) is 22.0 Å². The quantitative estimate of drug-likeness (QED) is 0.706. The molecule has 2 aromatic rings. The van der Waals surface area contributed by atoms with Gasteiger partial charge in [0.1, 0.15) is 16.3 Å². The summed E-state index contributed by atoms with van der Waals surface area (Å²) in [5.41, 5.74) is 0.738. The maximum atomic E-state index is 12.9. The number of nitrogens with zero attached hydrogens (tertiary/aromatic N) is 2. The van der Waals surface area contributed by atoms with E-state index in [0.29, 0.717) is 24.1 Å². The van der Waals surface area contributed by atoms with Gasteiger partial charge in [0.15, 0.2) is 5.76 Å². The van der Waals surface area contributed by atoms with Gasteiger partial charge in [-0.15, -0.1) is 0 Å². The highest BCUT2D eigenvalue weighted by atomic mass is 32.2. The molecule has 1 aromatic heterocycles. The summed E-state index contributed by atoms with van der Waals surface area (Å²) in [7, 11) is -3.74. The van der Waals surface area contributed by atoms with E-state index >= 15 is 0 Å². The zero-order chi connectivity index (χ0) is 21.9. The molecule has 1 fully saturated rings. The molecule has 3 rings (SSSR count). The number of piperidine rings is 1. The number of hydrogen-bond acceptors (Lipinski definition) is 6. The van der Waals surface area contributed by atoms with Crippen LogP contribution in [0.2, 0.25) is 0 Å². The molecule has 30 heavy (non-hydrogen) atoms. The van der Waals surface area contributed by atoms with Gasteiger partial charge >= 0.3 is 6.61 Å². The fourth-order valence-corrected chi connectivity index (χ4v) is 5.28. The Morgan fingerprint density at radius 2 is 1.97 bits per heavy atom. The van der Waals surface area contributed by atoms with E-state index in [1.54, 1.807) is 32.0 Å². The van der Waals surface area contributed by atoms with Crippen molar-refractivity contribution in [3.05, 3.63) is 41.3 Å². The summed E-state index contributed by atoms with van der Waals surface area (Å²) in [6.45, 7) is 0.581. The number of amides is 1. The normalized spacial score (nSPS) is 16.0. The lowest BCUT2D eigenvalue weighted by Gasteiger charge is -2.30. The zero-order valence-corrected chi connectivity index (χ0v) is 17.4. The highest BCUT2D eigenvalue weighted by Gasteiger charge is 2.35. The minimum Gasteiger partial charge on any atom is -0.434 e. The molecule has 0 radical (unpaired) electrons. The van der Waals surface area contributed by atoms with Crippen LogP contribution in [0, 0.1) is 19.8 Å². The van der Waals surface area contributed by atoms with E-state index in [1.807, 2.05) is 0 Å². The predicted molar refractivity (Wildman–Crippen MR) is 102 cm³/mol. The molecule has 0 saturated carbocycles. The van der Waals surface area contributed by atoms with Crippen LogP contribution in [0.15, 0.2) is 33.7 Å². The number of rotatable bonds is 7. The third-order valence-electron chi connectivity index (χ3n) is 5.03. The van der Waals surface area contributed by atoms with Crippen molar-refractivity contribution in [2.75, 3.05) is 13.1 Å². The number of carbonyl (C=O) groups is 1. The standard InChI is InChI=1S/C19H23F2N3O5S/c1-12-17(13(2)29-23-12)30(26,27)24-9-7-14(8-10-24)18(25)22-11-15-5-3-4-6-16(15)28-19(20)21/h3-6,14,19H,7-11H2,1-2H3,(H,22,25). The second kappa shape index (κ2) is 9.09. The van der Waals surface area contributed by atoms with Crippen molar-refractivity contribution in [3.8, 4) is 5.75 Å². The van der Waals surface area contributed by atoms with Gasteiger partial charge < -0.3 is 14.6 Å². The second-order valence-electron chi connectivity index (χ2n) is 7.04. The monoisotopic (exact) mass is 443 g/mol. The molecule has 11 heteroatoms. The molecule has 0 spiro atoms. The topological polar surface area (TPSA) is 102 Å². The van der Waals surface area contributed by atoms with Gasteiger partial charge in [0, 0.05) is 31.1 Å². The molecule has 1 aromatic carbocycles. The number of sulfonamides is 1. The summed E-state index contributed by atoms with van der Waals surface area (Å²) in [6.07, 6.45) is 0.702. The van der Waals surface area contributed by atoms with Crippen LogP contribution in [0.4, 0.5) is 8.78 Å². The van der Waals surface area contributed by atoms with Gasteiger partial charge in [-0.25, -0.2) is 8.42 Å². The van der Waals surface area contributed by atoms with E-state index in [0.717, 1.165) is 0 Å². The summed E-state index contributed by atoms with van der Waals surface area (Å²) in [6, 6.07) is 6.23. The summed E-state index contributed by atoms with van der Waals surface area (Å²) in [5.74, 6) is -0.384. The molecule has 0 aliphatic carbocycles. The number of ether oxygens (including phenoxy) is 1. The molecule has 1 aliphatic rings. The van der Waals surface area contributed by atoms with Crippen LogP contribution in [0.1, 0.15) is 29.9 Å². The average Bonchev–Trinajstić information content (AvgIpc) is 3.05. The maximum absolute atomic E-state index is 12.9. The zero-order valence-electron chi connectivity index (χ0n) is 16.6. The van der Waals surface area contributed by atoms with Crippen molar-refractivity contribution in [3.63, 3.8) is 0 Å². The second-order valence-corrected chi connectivity index (χ2v) is 8.91. The number of nitrogens with one attached hydrogen (secondary N) is 1. The number of aromatic nitrogens is 1. The van der Waals surface area contributed by atoms with Gasteiger partial charge in [-0.2, -0.15) is 13.1 Å². The highest BCUT2D eigenvalue weighted by molar-refractivity contribution is 7.89. The van der Waals surface area contributed by atoms with Crippen molar-refractivity contribution in [1.82, 2.24) is 14.8 Å². The van der Waals surface area contributed by atoms with Gasteiger partial charge in [0.25, 0.3) is 0 Å². The molecule has 1 N–H and O–H groups in total. The smallest absolute Gasteiger partial charge is 0.387 e. The first-order valence-corrected chi connectivity index (χ1v) is 10.9. The molecule has 1 saturated heterocycles. The number of halogens is 2. The highest BCUT2D eigenvalue weighted by Crippen LogP contribution is 2.28. The lowest BCUT2D eigenvalue weighted by molar-refractivity contribution is -0.126. The van der Waals surface area contributed by atoms with Crippen LogP contribution < -0.4 is 10.1 Å². The Labute approximate surface area is 173 Å². The van der Waals surface area contributed by atoms with Crippen LogP contribution >= 0.6 is 0 Å². The van der Waals surface area contributed by atoms with E-state index in [-0.39, 0.29) is 47.9 Å². The van der Waals surface area contributed by atoms with Gasteiger partial charge in [-0.3, -0.25) is 4.79 Å². The molecule has 8 nitrogen and oxygen atoms in total. The largest absolute Gasteiger partial charge is 0.434 e. The molecular formula is C19H23F2N3O5S. The van der Waals surface area contributed by atoms with Gasteiger partial charge in [0.05, 0.1) is 0 Å². The Morgan fingerprint density at radius 1 is 1.30 bits per heavy atom. The number of benzene rings is 1. The lowest BCUT2D eigenvalue weighted by Crippen LogP contribution is -2.43. The third-order valence-corrected chi connectivity index (χ3v) is 7.18. The van der Waals surface area contributed by atoms with Crippen LogP contribution in [0.25, 0.3) is 0 Å². The Kier molecular flexibility index (Phi) is 6.71. The number of carbonyl (C=O) groups excluding carboxylic acids is 1. The Morgan fingerprint density at radius 3 is 2.57 bits per heavy atom. The number of alkyl halides is 2. The molecule has 1 amide bonds. The lowest BCUT2D eigenvalue weighted by atomic mass is 9.97. The minimum atomic E-state index is -3.74. The molecule has 1 aliphatic heterocycles.